The molecule has 0 bridgehead atoms. The summed E-state index contributed by atoms with van der Waals surface area (Å²) < 4.78 is 23.3. The Morgan fingerprint density at radius 3 is 2.16 bits per heavy atom. The van der Waals surface area contributed by atoms with E-state index >= 15 is 0 Å². The standard InChI is InChI=1S/C19H19N3O2S/c1-4-17-18(15-6-5-13(2)20-11-15)19(22-12-21-17)14-7-9-16(10-8-14)25(3,23)24/h5-12H,4H2,1-3H3. The van der Waals surface area contributed by atoms with Crippen LogP contribution in [0, 0.1) is 6.92 Å². The fourth-order valence-corrected chi connectivity index (χ4v) is 3.32. The summed E-state index contributed by atoms with van der Waals surface area (Å²) in [6.45, 7) is 3.99. The second-order valence-corrected chi connectivity index (χ2v) is 7.90. The first-order valence-electron chi connectivity index (χ1n) is 7.97. The van der Waals surface area contributed by atoms with E-state index in [0.29, 0.717) is 4.90 Å². The second-order valence-electron chi connectivity index (χ2n) is 5.88. The molecule has 3 rings (SSSR count). The van der Waals surface area contributed by atoms with Crippen LogP contribution < -0.4 is 0 Å². The molecule has 0 aliphatic carbocycles. The van der Waals surface area contributed by atoms with Crippen LogP contribution in [-0.2, 0) is 16.3 Å². The van der Waals surface area contributed by atoms with Crippen molar-refractivity contribution in [3.63, 3.8) is 0 Å². The third-order valence-electron chi connectivity index (χ3n) is 4.02. The number of aromatic nitrogens is 3. The molecule has 0 saturated heterocycles. The highest BCUT2D eigenvalue weighted by Crippen LogP contribution is 2.32. The molecule has 0 radical (unpaired) electrons. The number of nitrogens with zero attached hydrogens (tertiary/aromatic N) is 3. The summed E-state index contributed by atoms with van der Waals surface area (Å²) in [5.74, 6) is 0. The van der Waals surface area contributed by atoms with Crippen molar-refractivity contribution in [2.45, 2.75) is 25.2 Å². The normalized spacial score (nSPS) is 11.5. The molecule has 2 aromatic heterocycles. The van der Waals surface area contributed by atoms with Gasteiger partial charge in [0.2, 0.25) is 0 Å². The molecule has 0 spiro atoms. The Kier molecular flexibility index (Phi) is 4.63. The largest absolute Gasteiger partial charge is 0.261 e. The van der Waals surface area contributed by atoms with Gasteiger partial charge in [-0.05, 0) is 31.5 Å². The van der Waals surface area contributed by atoms with Crippen LogP contribution in [0.15, 0.2) is 53.8 Å². The molecule has 6 heteroatoms. The minimum atomic E-state index is -3.22. The topological polar surface area (TPSA) is 72.8 Å². The van der Waals surface area contributed by atoms with E-state index in [2.05, 4.69) is 15.0 Å². The number of hydrogen-bond acceptors (Lipinski definition) is 5. The quantitative estimate of drug-likeness (QED) is 0.718. The predicted molar refractivity (Wildman–Crippen MR) is 97.9 cm³/mol. The molecular weight excluding hydrogens is 334 g/mol. The molecule has 5 nitrogen and oxygen atoms in total. The van der Waals surface area contributed by atoms with Crippen molar-refractivity contribution in [3.8, 4) is 22.4 Å². The number of benzene rings is 1. The van der Waals surface area contributed by atoms with E-state index in [-0.39, 0.29) is 0 Å². The van der Waals surface area contributed by atoms with Crippen molar-refractivity contribution in [2.75, 3.05) is 6.26 Å². The highest BCUT2D eigenvalue weighted by atomic mass is 32.2. The lowest BCUT2D eigenvalue weighted by atomic mass is 9.97. The van der Waals surface area contributed by atoms with E-state index in [1.54, 1.807) is 30.6 Å². The molecule has 2 heterocycles. The van der Waals surface area contributed by atoms with Gasteiger partial charge in [0.25, 0.3) is 0 Å². The zero-order chi connectivity index (χ0) is 18.0. The lowest BCUT2D eigenvalue weighted by Gasteiger charge is -2.13. The maximum atomic E-state index is 11.7. The zero-order valence-corrected chi connectivity index (χ0v) is 15.2. The number of hydrogen-bond donors (Lipinski definition) is 0. The van der Waals surface area contributed by atoms with Gasteiger partial charge in [-0.1, -0.05) is 25.1 Å². The number of pyridine rings is 1. The summed E-state index contributed by atoms with van der Waals surface area (Å²) in [6.07, 6.45) is 5.33. The molecule has 0 N–H and O–H groups in total. The van der Waals surface area contributed by atoms with E-state index < -0.39 is 9.84 Å². The molecule has 0 atom stereocenters. The average molecular weight is 353 g/mol. The van der Waals surface area contributed by atoms with Gasteiger partial charge >= 0.3 is 0 Å². The summed E-state index contributed by atoms with van der Waals surface area (Å²) in [4.78, 5) is 13.5. The van der Waals surface area contributed by atoms with Crippen LogP contribution in [0.4, 0.5) is 0 Å². The van der Waals surface area contributed by atoms with Crippen molar-refractivity contribution in [2.24, 2.45) is 0 Å². The predicted octanol–water partition coefficient (Wildman–Crippen LogP) is 3.48. The first-order chi connectivity index (χ1) is 11.9. The molecule has 0 fully saturated rings. The van der Waals surface area contributed by atoms with Crippen LogP contribution >= 0.6 is 0 Å². The smallest absolute Gasteiger partial charge is 0.175 e. The first-order valence-corrected chi connectivity index (χ1v) is 9.86. The molecule has 0 aliphatic heterocycles. The zero-order valence-electron chi connectivity index (χ0n) is 14.4. The Morgan fingerprint density at radius 2 is 1.60 bits per heavy atom. The van der Waals surface area contributed by atoms with E-state index in [9.17, 15) is 8.42 Å². The van der Waals surface area contributed by atoms with Crippen LogP contribution in [-0.4, -0.2) is 29.6 Å². The van der Waals surface area contributed by atoms with Gasteiger partial charge in [-0.3, -0.25) is 4.98 Å². The average Bonchev–Trinajstić information content (AvgIpc) is 2.61. The van der Waals surface area contributed by atoms with Gasteiger partial charge in [-0.25, -0.2) is 18.4 Å². The first kappa shape index (κ1) is 17.2. The number of sulfone groups is 1. The van der Waals surface area contributed by atoms with E-state index in [1.165, 1.54) is 6.26 Å². The lowest BCUT2D eigenvalue weighted by Crippen LogP contribution is -2.00. The molecule has 0 amide bonds. The fraction of sp³-hybridized carbons (Fsp3) is 0.211. The molecule has 3 aromatic rings. The number of rotatable bonds is 4. The van der Waals surface area contributed by atoms with Crippen LogP contribution in [0.25, 0.3) is 22.4 Å². The van der Waals surface area contributed by atoms with Crippen molar-refractivity contribution in [3.05, 3.63) is 60.3 Å². The Bertz CT molecular complexity index is 996. The highest BCUT2D eigenvalue weighted by molar-refractivity contribution is 7.90. The van der Waals surface area contributed by atoms with Crippen molar-refractivity contribution >= 4 is 9.84 Å². The number of aryl methyl sites for hydroxylation is 2. The summed E-state index contributed by atoms with van der Waals surface area (Å²) in [5, 5.41) is 0. The van der Waals surface area contributed by atoms with E-state index in [1.807, 2.05) is 32.2 Å². The van der Waals surface area contributed by atoms with Crippen molar-refractivity contribution in [1.82, 2.24) is 15.0 Å². The molecular formula is C19H19N3O2S. The fourth-order valence-electron chi connectivity index (χ4n) is 2.69. The van der Waals surface area contributed by atoms with Crippen LogP contribution in [0.5, 0.6) is 0 Å². The van der Waals surface area contributed by atoms with Gasteiger partial charge in [0, 0.05) is 34.8 Å². The molecule has 128 valence electrons. The van der Waals surface area contributed by atoms with Crippen LogP contribution in [0.3, 0.4) is 0 Å². The molecule has 1 aromatic carbocycles. The Labute approximate surface area is 147 Å². The van der Waals surface area contributed by atoms with Gasteiger partial charge < -0.3 is 0 Å². The van der Waals surface area contributed by atoms with Gasteiger partial charge in [0.1, 0.15) is 6.33 Å². The van der Waals surface area contributed by atoms with Gasteiger partial charge in [-0.15, -0.1) is 0 Å². The maximum absolute atomic E-state index is 11.7. The second kappa shape index (κ2) is 6.72. The van der Waals surface area contributed by atoms with Crippen LogP contribution in [0.1, 0.15) is 18.3 Å². The highest BCUT2D eigenvalue weighted by Gasteiger charge is 2.15. The minimum Gasteiger partial charge on any atom is -0.261 e. The summed E-state index contributed by atoms with van der Waals surface area (Å²) >= 11 is 0. The summed E-state index contributed by atoms with van der Waals surface area (Å²) in [7, 11) is -3.22. The van der Waals surface area contributed by atoms with Crippen LogP contribution in [0.2, 0.25) is 0 Å². The monoisotopic (exact) mass is 353 g/mol. The minimum absolute atomic E-state index is 0.291. The SMILES string of the molecule is CCc1ncnc(-c2ccc(S(C)(=O)=O)cc2)c1-c1ccc(C)nc1. The van der Waals surface area contributed by atoms with Gasteiger partial charge in [-0.2, -0.15) is 0 Å². The molecule has 0 aliphatic rings. The Hall–Kier alpha value is -2.60. The molecule has 0 saturated carbocycles. The van der Waals surface area contributed by atoms with E-state index in [4.69, 9.17) is 0 Å². The van der Waals surface area contributed by atoms with Crippen molar-refractivity contribution in [1.29, 1.82) is 0 Å². The molecule has 25 heavy (non-hydrogen) atoms. The summed E-state index contributed by atoms with van der Waals surface area (Å²) in [5.41, 5.74) is 5.38. The Morgan fingerprint density at radius 1 is 0.920 bits per heavy atom. The Balaban J connectivity index is 2.18. The van der Waals surface area contributed by atoms with Gasteiger partial charge in [0.05, 0.1) is 16.3 Å². The third-order valence-corrected chi connectivity index (χ3v) is 5.15. The maximum Gasteiger partial charge on any atom is 0.175 e. The molecule has 0 unspecified atom stereocenters. The third kappa shape index (κ3) is 3.58. The van der Waals surface area contributed by atoms with Crippen molar-refractivity contribution < 1.29 is 8.42 Å². The summed E-state index contributed by atoms with van der Waals surface area (Å²) in [6, 6.07) is 10.7. The van der Waals surface area contributed by atoms with E-state index in [0.717, 1.165) is 40.2 Å². The lowest BCUT2D eigenvalue weighted by molar-refractivity contribution is 0.602. The van der Waals surface area contributed by atoms with Gasteiger partial charge in [0.15, 0.2) is 9.84 Å².